The van der Waals surface area contributed by atoms with E-state index in [0.717, 1.165) is 37.2 Å². The molecule has 0 bridgehead atoms. The summed E-state index contributed by atoms with van der Waals surface area (Å²) in [5, 5.41) is 16.0. The van der Waals surface area contributed by atoms with Gasteiger partial charge in [0.1, 0.15) is 5.69 Å². The fraction of sp³-hybridized carbons (Fsp3) is 0.333. The Labute approximate surface area is 196 Å². The molecular formula is C27H35N3O3. The average Bonchev–Trinajstić information content (AvgIpc) is 2.83. The van der Waals surface area contributed by atoms with Crippen LogP contribution in [-0.2, 0) is 10.2 Å². The molecule has 33 heavy (non-hydrogen) atoms. The van der Waals surface area contributed by atoms with Gasteiger partial charge in [0.25, 0.3) is 5.56 Å². The molecular weight excluding hydrogens is 414 g/mol. The van der Waals surface area contributed by atoms with Gasteiger partial charge in [0.2, 0.25) is 0 Å². The number of H-pyrrole nitrogens is 1. The van der Waals surface area contributed by atoms with Crippen LogP contribution < -0.4 is 16.2 Å². The molecule has 0 aliphatic heterocycles. The number of carboxylic acid groups (broad SMARTS) is 1. The summed E-state index contributed by atoms with van der Waals surface area (Å²) >= 11 is 0. The van der Waals surface area contributed by atoms with Crippen LogP contribution in [-0.4, -0.2) is 35.7 Å². The monoisotopic (exact) mass is 449 g/mol. The normalized spacial score (nSPS) is 11.7. The molecule has 0 aliphatic rings. The highest BCUT2D eigenvalue weighted by molar-refractivity contribution is 5.80. The second-order valence-corrected chi connectivity index (χ2v) is 8.51. The van der Waals surface area contributed by atoms with Gasteiger partial charge in [-0.15, -0.1) is 0 Å². The molecule has 0 saturated carbocycles. The summed E-state index contributed by atoms with van der Waals surface area (Å²) in [4.78, 5) is 25.7. The lowest BCUT2D eigenvalue weighted by atomic mass is 9.83. The zero-order valence-corrected chi connectivity index (χ0v) is 19.7. The number of aromatic amines is 1. The molecule has 1 atom stereocenters. The maximum absolute atomic E-state index is 11.6. The highest BCUT2D eigenvalue weighted by atomic mass is 16.4. The SMILES string of the molecule is CC(CNCCCNc1ccc[nH]c1=O)c1cccc(C(C)(C)C(=O)O)c1.c1ccccc1. The van der Waals surface area contributed by atoms with Crippen molar-refractivity contribution in [1.82, 2.24) is 10.3 Å². The van der Waals surface area contributed by atoms with Gasteiger partial charge in [-0.2, -0.15) is 0 Å². The minimum atomic E-state index is -0.899. The maximum atomic E-state index is 11.6. The molecule has 6 nitrogen and oxygen atoms in total. The number of aliphatic carboxylic acids is 1. The van der Waals surface area contributed by atoms with Gasteiger partial charge in [0.05, 0.1) is 5.41 Å². The van der Waals surface area contributed by atoms with Crippen molar-refractivity contribution in [2.24, 2.45) is 0 Å². The molecule has 2 aromatic carbocycles. The van der Waals surface area contributed by atoms with Gasteiger partial charge in [-0.05, 0) is 56.0 Å². The van der Waals surface area contributed by atoms with Gasteiger partial charge < -0.3 is 20.7 Å². The Hall–Kier alpha value is -3.38. The Morgan fingerprint density at radius 1 is 1.00 bits per heavy atom. The first-order chi connectivity index (χ1) is 15.8. The molecule has 0 fully saturated rings. The zero-order chi connectivity index (χ0) is 24.1. The highest BCUT2D eigenvalue weighted by Crippen LogP contribution is 2.26. The lowest BCUT2D eigenvalue weighted by Crippen LogP contribution is -2.29. The third-order valence-electron chi connectivity index (χ3n) is 5.49. The number of pyridine rings is 1. The fourth-order valence-electron chi connectivity index (χ4n) is 3.18. The van der Waals surface area contributed by atoms with Gasteiger partial charge in [-0.1, -0.05) is 67.6 Å². The van der Waals surface area contributed by atoms with Crippen LogP contribution in [0.15, 0.2) is 83.8 Å². The van der Waals surface area contributed by atoms with Gasteiger partial charge in [-0.25, -0.2) is 0 Å². The summed E-state index contributed by atoms with van der Waals surface area (Å²) < 4.78 is 0. The van der Waals surface area contributed by atoms with Crippen LogP contribution in [0.25, 0.3) is 0 Å². The van der Waals surface area contributed by atoms with Gasteiger partial charge in [0.15, 0.2) is 0 Å². The van der Waals surface area contributed by atoms with Crippen LogP contribution in [0, 0.1) is 0 Å². The molecule has 0 aliphatic carbocycles. The Morgan fingerprint density at radius 3 is 2.27 bits per heavy atom. The highest BCUT2D eigenvalue weighted by Gasteiger charge is 2.29. The van der Waals surface area contributed by atoms with Crippen LogP contribution in [0.1, 0.15) is 44.2 Å². The van der Waals surface area contributed by atoms with E-state index in [0.29, 0.717) is 5.69 Å². The Balaban J connectivity index is 0.000000554. The van der Waals surface area contributed by atoms with E-state index in [4.69, 9.17) is 0 Å². The smallest absolute Gasteiger partial charge is 0.313 e. The number of anilines is 1. The van der Waals surface area contributed by atoms with Crippen molar-refractivity contribution >= 4 is 11.7 Å². The standard InChI is InChI=1S/C21H29N3O3.C6H6/c1-15(16-7-4-8-17(13-16)21(2,3)20(26)27)14-22-10-6-12-23-18-9-5-11-24-19(18)25;1-2-4-6-5-3-1/h4-5,7-9,11,13,15,22-23H,6,10,12,14H2,1-3H3,(H,24,25)(H,26,27);1-6H. The summed E-state index contributed by atoms with van der Waals surface area (Å²) in [7, 11) is 0. The molecule has 4 N–H and O–H groups in total. The topological polar surface area (TPSA) is 94.2 Å². The number of hydrogen-bond acceptors (Lipinski definition) is 4. The summed E-state index contributed by atoms with van der Waals surface area (Å²) in [6.07, 6.45) is 2.51. The van der Waals surface area contributed by atoms with Crippen LogP contribution in [0.4, 0.5) is 5.69 Å². The van der Waals surface area contributed by atoms with E-state index in [-0.39, 0.29) is 11.5 Å². The predicted molar refractivity (Wildman–Crippen MR) is 135 cm³/mol. The molecule has 176 valence electrons. The summed E-state index contributed by atoms with van der Waals surface area (Å²) in [6, 6.07) is 23.4. The number of carbonyl (C=O) groups is 1. The van der Waals surface area contributed by atoms with Crippen molar-refractivity contribution in [3.63, 3.8) is 0 Å². The van der Waals surface area contributed by atoms with E-state index in [9.17, 15) is 14.7 Å². The zero-order valence-electron chi connectivity index (χ0n) is 19.7. The second kappa shape index (κ2) is 13.2. The number of carboxylic acids is 1. The maximum Gasteiger partial charge on any atom is 0.313 e. The summed E-state index contributed by atoms with van der Waals surface area (Å²) in [5.41, 5.74) is 1.52. The van der Waals surface area contributed by atoms with E-state index >= 15 is 0 Å². The molecule has 1 heterocycles. The van der Waals surface area contributed by atoms with E-state index in [2.05, 4.69) is 22.5 Å². The third kappa shape index (κ3) is 8.58. The number of benzene rings is 2. The van der Waals surface area contributed by atoms with Crippen LogP contribution in [0.2, 0.25) is 0 Å². The van der Waals surface area contributed by atoms with Crippen LogP contribution in [0.5, 0.6) is 0 Å². The number of nitrogens with one attached hydrogen (secondary N) is 3. The third-order valence-corrected chi connectivity index (χ3v) is 5.49. The molecule has 1 aromatic heterocycles. The molecule has 0 saturated heterocycles. The van der Waals surface area contributed by atoms with Crippen LogP contribution >= 0.6 is 0 Å². The quantitative estimate of drug-likeness (QED) is 0.339. The second-order valence-electron chi connectivity index (χ2n) is 8.51. The van der Waals surface area contributed by atoms with E-state index < -0.39 is 11.4 Å². The molecule has 3 rings (SSSR count). The molecule has 6 heteroatoms. The van der Waals surface area contributed by atoms with Gasteiger partial charge in [-0.3, -0.25) is 9.59 Å². The lowest BCUT2D eigenvalue weighted by Gasteiger charge is -2.22. The summed E-state index contributed by atoms with van der Waals surface area (Å²) in [5.74, 6) is -0.547. The molecule has 0 spiro atoms. The van der Waals surface area contributed by atoms with Crippen molar-refractivity contribution in [2.45, 2.75) is 38.5 Å². The molecule has 1 unspecified atom stereocenters. The fourth-order valence-corrected chi connectivity index (χ4v) is 3.18. The van der Waals surface area contributed by atoms with Crippen LogP contribution in [0.3, 0.4) is 0 Å². The summed E-state index contributed by atoms with van der Waals surface area (Å²) in [6.45, 7) is 7.94. The largest absolute Gasteiger partial charge is 0.481 e. The Kier molecular flexibility index (Phi) is 10.4. The Morgan fingerprint density at radius 2 is 1.67 bits per heavy atom. The Bertz CT molecular complexity index is 1010. The van der Waals surface area contributed by atoms with E-state index in [1.54, 1.807) is 32.2 Å². The molecule has 0 amide bonds. The van der Waals surface area contributed by atoms with Crippen molar-refractivity contribution < 1.29 is 9.90 Å². The van der Waals surface area contributed by atoms with Gasteiger partial charge >= 0.3 is 5.97 Å². The first kappa shape index (κ1) is 25.9. The lowest BCUT2D eigenvalue weighted by molar-refractivity contribution is -0.142. The van der Waals surface area contributed by atoms with Crippen molar-refractivity contribution in [1.29, 1.82) is 0 Å². The predicted octanol–water partition coefficient (Wildman–Crippen LogP) is 4.62. The average molecular weight is 450 g/mol. The van der Waals surface area contributed by atoms with Crippen molar-refractivity contribution in [2.75, 3.05) is 25.0 Å². The number of hydrogen-bond donors (Lipinski definition) is 4. The molecule has 0 radical (unpaired) electrons. The minimum absolute atomic E-state index is 0.108. The van der Waals surface area contributed by atoms with Crippen molar-refractivity contribution in [3.05, 3.63) is 100 Å². The first-order valence-electron chi connectivity index (χ1n) is 11.3. The van der Waals surface area contributed by atoms with Crippen molar-refractivity contribution in [3.8, 4) is 0 Å². The molecule has 3 aromatic rings. The van der Waals surface area contributed by atoms with E-state index in [1.165, 1.54) is 0 Å². The van der Waals surface area contributed by atoms with Gasteiger partial charge in [0, 0.05) is 19.3 Å². The number of aromatic nitrogens is 1. The number of rotatable bonds is 10. The minimum Gasteiger partial charge on any atom is -0.481 e. The van der Waals surface area contributed by atoms with E-state index in [1.807, 2.05) is 60.7 Å². The first-order valence-corrected chi connectivity index (χ1v) is 11.3.